The Bertz CT molecular complexity index is 7420. The van der Waals surface area contributed by atoms with Gasteiger partial charge < -0.3 is 18.0 Å². The van der Waals surface area contributed by atoms with Gasteiger partial charge in [0.15, 0.2) is 34.9 Å². The van der Waals surface area contributed by atoms with Crippen LogP contribution in [0.3, 0.4) is 0 Å². The second-order valence-corrected chi connectivity index (χ2v) is 28.5. The van der Waals surface area contributed by atoms with Gasteiger partial charge in [0.1, 0.15) is 22.3 Å². The molecule has 0 saturated carbocycles. The molecule has 0 aliphatic heterocycles. The van der Waals surface area contributed by atoms with E-state index < -0.39 is 0 Å². The number of nitrogens with zero attached hydrogens (tertiary/aromatic N) is 8. The largest absolute Gasteiger partial charge is 0.456 e. The highest BCUT2D eigenvalue weighted by Crippen LogP contribution is 2.45. The van der Waals surface area contributed by atoms with Gasteiger partial charge in [-0.3, -0.25) is 0 Å². The summed E-state index contributed by atoms with van der Waals surface area (Å²) in [7, 11) is 0. The fourth-order valence-electron chi connectivity index (χ4n) is 16.5. The number of hydrogen-bond donors (Lipinski definition) is 0. The smallest absolute Gasteiger partial charge is 0.164 e. The van der Waals surface area contributed by atoms with Crippen molar-refractivity contribution < 1.29 is 8.83 Å². The molecule has 6 heterocycles. The van der Waals surface area contributed by atoms with Crippen LogP contribution >= 0.6 is 0 Å². The van der Waals surface area contributed by atoms with Crippen molar-refractivity contribution in [3.8, 4) is 135 Å². The Hall–Kier alpha value is -15.3. The van der Waals surface area contributed by atoms with E-state index in [1.165, 1.54) is 21.9 Å². The van der Waals surface area contributed by atoms with Gasteiger partial charge in [0, 0.05) is 87.7 Å². The van der Waals surface area contributed by atoms with Gasteiger partial charge in [-0.1, -0.05) is 279 Å². The second kappa shape index (κ2) is 26.3. The van der Waals surface area contributed by atoms with Crippen molar-refractivity contribution >= 4 is 87.5 Å². The zero-order valence-electron chi connectivity index (χ0n) is 60.2. The number of hydrogen-bond acceptors (Lipinski definition) is 8. The summed E-state index contributed by atoms with van der Waals surface area (Å²) in [5.41, 5.74) is 26.0. The summed E-state index contributed by atoms with van der Waals surface area (Å²) >= 11 is 0. The molecule has 112 heavy (non-hydrogen) atoms. The molecule has 0 unspecified atom stereocenters. The van der Waals surface area contributed by atoms with Crippen LogP contribution in [0.2, 0.25) is 0 Å². The molecule has 0 bridgehead atoms. The van der Waals surface area contributed by atoms with E-state index >= 15 is 0 Å². The Labute approximate surface area is 642 Å². The van der Waals surface area contributed by atoms with Crippen molar-refractivity contribution in [2.45, 2.75) is 0 Å². The molecule has 522 valence electrons. The van der Waals surface area contributed by atoms with Crippen LogP contribution < -0.4 is 0 Å². The molecular weight excluding hydrogens is 1370 g/mol. The predicted molar refractivity (Wildman–Crippen MR) is 456 cm³/mol. The van der Waals surface area contributed by atoms with Crippen molar-refractivity contribution in [1.82, 2.24) is 39.0 Å². The number of benzene rings is 16. The van der Waals surface area contributed by atoms with Crippen LogP contribution in [0.4, 0.5) is 0 Å². The van der Waals surface area contributed by atoms with Crippen LogP contribution in [0.5, 0.6) is 0 Å². The summed E-state index contributed by atoms with van der Waals surface area (Å²) < 4.78 is 18.2. The molecule has 0 atom stereocenters. The van der Waals surface area contributed by atoms with E-state index in [1.54, 1.807) is 0 Å². The van der Waals surface area contributed by atoms with E-state index in [2.05, 4.69) is 282 Å². The van der Waals surface area contributed by atoms with Crippen molar-refractivity contribution in [2.24, 2.45) is 0 Å². The Kier molecular flexibility index (Phi) is 15.0. The van der Waals surface area contributed by atoms with Gasteiger partial charge in [-0.05, 0) is 147 Å². The molecule has 0 spiro atoms. The highest BCUT2D eigenvalue weighted by Gasteiger charge is 2.24. The van der Waals surface area contributed by atoms with Gasteiger partial charge in [0.25, 0.3) is 0 Å². The normalized spacial score (nSPS) is 11.8. The van der Waals surface area contributed by atoms with Crippen LogP contribution in [0, 0.1) is 0 Å². The summed E-state index contributed by atoms with van der Waals surface area (Å²) in [4.78, 5) is 31.3. The number of aromatic nitrogens is 8. The van der Waals surface area contributed by atoms with E-state index in [4.69, 9.17) is 38.7 Å². The van der Waals surface area contributed by atoms with Gasteiger partial charge in [-0.25, -0.2) is 29.9 Å². The van der Waals surface area contributed by atoms with Gasteiger partial charge in [0.05, 0.1) is 27.8 Å². The molecule has 22 aromatic rings. The molecule has 0 aliphatic carbocycles. The lowest BCUT2D eigenvalue weighted by Crippen LogP contribution is -2.00. The minimum Gasteiger partial charge on any atom is -0.456 e. The maximum atomic E-state index is 6.72. The van der Waals surface area contributed by atoms with Crippen LogP contribution in [-0.2, 0) is 0 Å². The second-order valence-electron chi connectivity index (χ2n) is 28.5. The number of para-hydroxylation sites is 2. The Morgan fingerprint density at radius 1 is 0.179 bits per heavy atom. The van der Waals surface area contributed by atoms with Crippen molar-refractivity contribution in [1.29, 1.82) is 0 Å². The molecule has 0 saturated heterocycles. The summed E-state index contributed by atoms with van der Waals surface area (Å²) in [5, 5.41) is 8.41. The molecule has 22 rings (SSSR count). The minimum absolute atomic E-state index is 0.546. The molecule has 10 nitrogen and oxygen atoms in total. The molecule has 0 radical (unpaired) electrons. The lowest BCUT2D eigenvalue weighted by atomic mass is 9.98. The van der Waals surface area contributed by atoms with Crippen molar-refractivity contribution in [2.75, 3.05) is 0 Å². The molecule has 0 amide bonds. The third-order valence-corrected chi connectivity index (χ3v) is 21.9. The SMILES string of the molecule is c1ccc(-c2cccc(-n3c4ccc(-c5ccc(-c6nc(-c7ccccc7)nc(-c7cccc8oc9ccc(-c%10ccc%11c(c%10)c%10ccccc%10n%11-c%10ccccc%10-c%10ccccc%10)cc9c78)n6)cc5)cc4c4cc(-c5ccc6oc7cccc(-c8nc(-c9ccccc9)nc(-c9ccccc9)n8)c7c6c5)ccc43)c2)cc1. The highest BCUT2D eigenvalue weighted by atomic mass is 16.3. The maximum absolute atomic E-state index is 6.72. The lowest BCUT2D eigenvalue weighted by Gasteiger charge is -2.14. The summed E-state index contributed by atoms with van der Waals surface area (Å²) in [6, 6.07) is 132. The van der Waals surface area contributed by atoms with E-state index in [1.807, 2.05) is 103 Å². The summed E-state index contributed by atoms with van der Waals surface area (Å²) in [6.45, 7) is 0. The van der Waals surface area contributed by atoms with Gasteiger partial charge in [-0.15, -0.1) is 0 Å². The standard InChI is InChI=1S/C102H62N8O2/c1-6-23-63(24-7-1)70-33-20-34-76(57-70)109-88-52-47-71(58-82(88)83-60-73(48-53-89(83)109)75-51-56-92-85(62-75)95-79(37-21-41-93(95)112-92)101-105-97(66-27-10-3-11-28-66)103-98(106-101)67-29-12-4-13-30-67)64-43-45-69(46-44-64)100-104-99(68-31-14-5-15-32-68)107-102(108-100)80-38-22-42-94-96(80)84-61-74(50-55-91(84)111-94)72-49-54-90-81(59-72)78-36-17-19-40-87(78)110(90)86-39-18-16-35-77(86)65-25-8-2-9-26-65/h1-62H. The average molecular weight is 1430 g/mol. The lowest BCUT2D eigenvalue weighted by molar-refractivity contribution is 0.668. The van der Waals surface area contributed by atoms with Gasteiger partial charge in [0.2, 0.25) is 0 Å². The molecule has 0 aliphatic rings. The molecular formula is C102H62N8O2. The molecule has 0 fully saturated rings. The predicted octanol–water partition coefficient (Wildman–Crippen LogP) is 26.4. The quantitative estimate of drug-likeness (QED) is 0.112. The van der Waals surface area contributed by atoms with Crippen LogP contribution in [-0.4, -0.2) is 39.0 Å². The van der Waals surface area contributed by atoms with Gasteiger partial charge >= 0.3 is 0 Å². The van der Waals surface area contributed by atoms with Gasteiger partial charge in [-0.2, -0.15) is 0 Å². The summed E-state index contributed by atoms with van der Waals surface area (Å²) in [6.07, 6.45) is 0. The Morgan fingerprint density at radius 3 is 1.01 bits per heavy atom. The fourth-order valence-corrected chi connectivity index (χ4v) is 16.5. The van der Waals surface area contributed by atoms with Crippen molar-refractivity contribution in [3.05, 3.63) is 376 Å². The first-order valence-electron chi connectivity index (χ1n) is 37.6. The first-order valence-corrected chi connectivity index (χ1v) is 37.6. The third kappa shape index (κ3) is 10.9. The molecule has 16 aromatic carbocycles. The first kappa shape index (κ1) is 64.0. The molecule has 6 aromatic heterocycles. The number of rotatable bonds is 13. The average Bonchev–Trinajstić information content (AvgIpc) is 1.61. The number of furan rings is 2. The Morgan fingerprint density at radius 2 is 0.500 bits per heavy atom. The van der Waals surface area contributed by atoms with Crippen LogP contribution in [0.1, 0.15) is 0 Å². The molecule has 0 N–H and O–H groups in total. The van der Waals surface area contributed by atoms with Crippen molar-refractivity contribution in [3.63, 3.8) is 0 Å². The first-order chi connectivity index (χ1) is 55.5. The zero-order valence-corrected chi connectivity index (χ0v) is 60.2. The van der Waals surface area contributed by atoms with E-state index in [9.17, 15) is 0 Å². The Balaban J connectivity index is 0.641. The zero-order chi connectivity index (χ0) is 73.7. The topological polar surface area (TPSA) is 113 Å². The number of fused-ring (bicyclic) bond motifs is 12. The van der Waals surface area contributed by atoms with Crippen LogP contribution in [0.25, 0.3) is 223 Å². The van der Waals surface area contributed by atoms with Crippen LogP contribution in [0.15, 0.2) is 385 Å². The monoisotopic (exact) mass is 1430 g/mol. The maximum Gasteiger partial charge on any atom is 0.164 e. The third-order valence-electron chi connectivity index (χ3n) is 21.9. The van der Waals surface area contributed by atoms with E-state index in [0.717, 1.165) is 166 Å². The highest BCUT2D eigenvalue weighted by molar-refractivity contribution is 6.17. The molecule has 10 heteroatoms. The fraction of sp³-hybridized carbons (Fsp3) is 0. The van der Waals surface area contributed by atoms with E-state index in [-0.39, 0.29) is 0 Å². The minimum atomic E-state index is 0.546. The summed E-state index contributed by atoms with van der Waals surface area (Å²) in [5.74, 6) is 3.44. The van der Waals surface area contributed by atoms with E-state index in [0.29, 0.717) is 34.9 Å².